The molecule has 2 nitrogen and oxygen atoms in total. The third kappa shape index (κ3) is 6.19. The number of nitrogens with one attached hydrogen (secondary N) is 1. The lowest BCUT2D eigenvalue weighted by Crippen LogP contribution is -2.38. The summed E-state index contributed by atoms with van der Waals surface area (Å²) in [5.41, 5.74) is 0.770. The van der Waals surface area contributed by atoms with Gasteiger partial charge in [-0.25, -0.2) is 0 Å². The van der Waals surface area contributed by atoms with E-state index in [1.165, 1.54) is 25.7 Å². The largest absolute Gasteiger partial charge is 0.378 e. The lowest BCUT2D eigenvalue weighted by Gasteiger charge is -2.36. The topological polar surface area (TPSA) is 21.3 Å². The van der Waals surface area contributed by atoms with Gasteiger partial charge in [-0.05, 0) is 31.1 Å². The molecular weight excluding hydrogens is 222 g/mol. The van der Waals surface area contributed by atoms with Crippen molar-refractivity contribution < 1.29 is 4.74 Å². The Morgan fingerprint density at radius 1 is 1.22 bits per heavy atom. The molecule has 0 radical (unpaired) electrons. The maximum absolute atomic E-state index is 6.13. The van der Waals surface area contributed by atoms with Crippen molar-refractivity contribution in [2.24, 2.45) is 10.8 Å². The minimum Gasteiger partial charge on any atom is -0.378 e. The molecule has 1 saturated carbocycles. The van der Waals surface area contributed by atoms with Crippen LogP contribution in [0.25, 0.3) is 0 Å². The fourth-order valence-electron chi connectivity index (χ4n) is 2.41. The maximum atomic E-state index is 6.13. The first-order chi connectivity index (χ1) is 8.20. The van der Waals surface area contributed by atoms with Crippen molar-refractivity contribution in [3.63, 3.8) is 0 Å². The van der Waals surface area contributed by atoms with Crippen LogP contribution in [0.15, 0.2) is 0 Å². The van der Waals surface area contributed by atoms with E-state index in [0.29, 0.717) is 17.6 Å². The van der Waals surface area contributed by atoms with E-state index in [4.69, 9.17) is 4.74 Å². The summed E-state index contributed by atoms with van der Waals surface area (Å²) >= 11 is 0. The molecule has 0 bridgehead atoms. The molecule has 1 N–H and O–H groups in total. The Morgan fingerprint density at radius 3 is 2.28 bits per heavy atom. The molecule has 0 atom stereocenters. The molecule has 0 aliphatic heterocycles. The van der Waals surface area contributed by atoms with Crippen LogP contribution in [0.3, 0.4) is 0 Å². The van der Waals surface area contributed by atoms with Crippen LogP contribution in [-0.4, -0.2) is 25.3 Å². The summed E-state index contributed by atoms with van der Waals surface area (Å²) < 4.78 is 6.13. The van der Waals surface area contributed by atoms with E-state index in [1.807, 2.05) is 0 Å². The SMILES string of the molecule is CC(C)NCC(C)(C)COC1CCC(C)(C)CC1. The first-order valence-electron chi connectivity index (χ1n) is 7.55. The minimum absolute atomic E-state index is 0.233. The van der Waals surface area contributed by atoms with E-state index in [2.05, 4.69) is 46.9 Å². The molecule has 0 spiro atoms. The highest BCUT2D eigenvalue weighted by molar-refractivity contribution is 4.80. The fraction of sp³-hybridized carbons (Fsp3) is 1.00. The molecule has 0 aromatic carbocycles. The second kappa shape index (κ2) is 6.38. The molecule has 0 aromatic rings. The van der Waals surface area contributed by atoms with Crippen LogP contribution in [0.1, 0.15) is 67.2 Å². The molecule has 18 heavy (non-hydrogen) atoms. The Labute approximate surface area is 114 Å². The van der Waals surface area contributed by atoms with Crippen LogP contribution in [0.5, 0.6) is 0 Å². The standard InChI is InChI=1S/C16H33NO/c1-13(2)17-11-16(5,6)12-18-14-7-9-15(3,4)10-8-14/h13-14,17H,7-12H2,1-6H3. The summed E-state index contributed by atoms with van der Waals surface area (Å²) in [5, 5.41) is 3.51. The second-order valence-corrected chi connectivity index (χ2v) is 7.87. The Balaban J connectivity index is 2.24. The van der Waals surface area contributed by atoms with Crippen LogP contribution in [-0.2, 0) is 4.74 Å². The quantitative estimate of drug-likeness (QED) is 0.774. The Hall–Kier alpha value is -0.0800. The summed E-state index contributed by atoms with van der Waals surface area (Å²) in [5.74, 6) is 0. The van der Waals surface area contributed by atoms with Gasteiger partial charge in [0.2, 0.25) is 0 Å². The highest BCUT2D eigenvalue weighted by Gasteiger charge is 2.28. The van der Waals surface area contributed by atoms with Crippen molar-refractivity contribution in [3.8, 4) is 0 Å². The molecule has 1 aliphatic rings. The van der Waals surface area contributed by atoms with Gasteiger partial charge in [0.1, 0.15) is 0 Å². The molecule has 2 heteroatoms. The summed E-state index contributed by atoms with van der Waals surface area (Å²) in [7, 11) is 0. The fourth-order valence-corrected chi connectivity index (χ4v) is 2.41. The molecule has 1 fully saturated rings. The van der Waals surface area contributed by atoms with Gasteiger partial charge in [-0.3, -0.25) is 0 Å². The second-order valence-electron chi connectivity index (χ2n) is 7.87. The van der Waals surface area contributed by atoms with Crippen molar-refractivity contribution in [2.45, 2.75) is 79.4 Å². The van der Waals surface area contributed by atoms with Crippen LogP contribution in [0.4, 0.5) is 0 Å². The molecule has 0 saturated heterocycles. The molecule has 1 rings (SSSR count). The predicted octanol–water partition coefficient (Wildman–Crippen LogP) is 4.00. The zero-order chi connectivity index (χ0) is 13.8. The highest BCUT2D eigenvalue weighted by atomic mass is 16.5. The summed E-state index contributed by atoms with van der Waals surface area (Å²) in [4.78, 5) is 0. The number of rotatable bonds is 6. The van der Waals surface area contributed by atoms with Gasteiger partial charge < -0.3 is 10.1 Å². The summed E-state index contributed by atoms with van der Waals surface area (Å²) in [6.45, 7) is 15.6. The molecule has 0 aromatic heterocycles. The van der Waals surface area contributed by atoms with E-state index in [-0.39, 0.29) is 5.41 Å². The zero-order valence-electron chi connectivity index (χ0n) is 13.3. The van der Waals surface area contributed by atoms with Gasteiger partial charge in [0.15, 0.2) is 0 Å². The van der Waals surface area contributed by atoms with Gasteiger partial charge in [-0.1, -0.05) is 41.5 Å². The Morgan fingerprint density at radius 2 is 1.78 bits per heavy atom. The lowest BCUT2D eigenvalue weighted by atomic mass is 9.76. The van der Waals surface area contributed by atoms with Gasteiger partial charge in [-0.2, -0.15) is 0 Å². The van der Waals surface area contributed by atoms with Crippen molar-refractivity contribution in [2.75, 3.05) is 13.2 Å². The molecule has 0 unspecified atom stereocenters. The molecule has 108 valence electrons. The number of hydrogen-bond donors (Lipinski definition) is 1. The van der Waals surface area contributed by atoms with Crippen LogP contribution < -0.4 is 5.32 Å². The van der Waals surface area contributed by atoms with E-state index in [0.717, 1.165) is 13.2 Å². The Kier molecular flexibility index (Phi) is 5.67. The van der Waals surface area contributed by atoms with Gasteiger partial charge in [0, 0.05) is 18.0 Å². The highest BCUT2D eigenvalue weighted by Crippen LogP contribution is 2.36. The third-order valence-electron chi connectivity index (χ3n) is 3.98. The van der Waals surface area contributed by atoms with E-state index < -0.39 is 0 Å². The summed E-state index contributed by atoms with van der Waals surface area (Å²) in [6, 6.07) is 0.555. The zero-order valence-corrected chi connectivity index (χ0v) is 13.3. The van der Waals surface area contributed by atoms with Gasteiger partial charge in [0.05, 0.1) is 12.7 Å². The van der Waals surface area contributed by atoms with Crippen LogP contribution in [0, 0.1) is 10.8 Å². The number of hydrogen-bond acceptors (Lipinski definition) is 2. The molecule has 0 heterocycles. The molecule has 1 aliphatic carbocycles. The van der Waals surface area contributed by atoms with Crippen LogP contribution >= 0.6 is 0 Å². The average molecular weight is 255 g/mol. The number of ether oxygens (including phenoxy) is 1. The van der Waals surface area contributed by atoms with Gasteiger partial charge in [-0.15, -0.1) is 0 Å². The van der Waals surface area contributed by atoms with Gasteiger partial charge in [0.25, 0.3) is 0 Å². The van der Waals surface area contributed by atoms with E-state index in [9.17, 15) is 0 Å². The third-order valence-corrected chi connectivity index (χ3v) is 3.98. The van der Waals surface area contributed by atoms with Crippen molar-refractivity contribution in [1.29, 1.82) is 0 Å². The first-order valence-corrected chi connectivity index (χ1v) is 7.55. The molecular formula is C16H33NO. The molecule has 0 amide bonds. The van der Waals surface area contributed by atoms with Crippen molar-refractivity contribution in [3.05, 3.63) is 0 Å². The van der Waals surface area contributed by atoms with E-state index in [1.54, 1.807) is 0 Å². The van der Waals surface area contributed by atoms with Crippen molar-refractivity contribution >= 4 is 0 Å². The van der Waals surface area contributed by atoms with E-state index >= 15 is 0 Å². The monoisotopic (exact) mass is 255 g/mol. The maximum Gasteiger partial charge on any atom is 0.0575 e. The minimum atomic E-state index is 0.233. The predicted molar refractivity (Wildman–Crippen MR) is 78.9 cm³/mol. The first kappa shape index (κ1) is 16.0. The van der Waals surface area contributed by atoms with Crippen molar-refractivity contribution in [1.82, 2.24) is 5.32 Å². The lowest BCUT2D eigenvalue weighted by molar-refractivity contribution is -0.0308. The average Bonchev–Trinajstić information content (AvgIpc) is 2.25. The normalized spacial score (nSPS) is 21.5. The smallest absolute Gasteiger partial charge is 0.0575 e. The Bertz CT molecular complexity index is 235. The summed E-state index contributed by atoms with van der Waals surface area (Å²) in [6.07, 6.45) is 5.59. The van der Waals surface area contributed by atoms with Crippen LogP contribution in [0.2, 0.25) is 0 Å². The van der Waals surface area contributed by atoms with Gasteiger partial charge >= 0.3 is 0 Å².